The van der Waals surface area contributed by atoms with E-state index in [1.165, 1.54) is 6.92 Å². The van der Waals surface area contributed by atoms with E-state index in [0.717, 1.165) is 17.1 Å². The third-order valence-corrected chi connectivity index (χ3v) is 2.68. The van der Waals surface area contributed by atoms with Gasteiger partial charge in [0.05, 0.1) is 11.3 Å². The van der Waals surface area contributed by atoms with Crippen molar-refractivity contribution in [3.8, 4) is 0 Å². The molecule has 2 N–H and O–H groups in total. The molecule has 0 aliphatic heterocycles. The lowest BCUT2D eigenvalue weighted by Crippen LogP contribution is -2.17. The highest BCUT2D eigenvalue weighted by molar-refractivity contribution is 6.04. The van der Waals surface area contributed by atoms with Crippen molar-refractivity contribution in [3.63, 3.8) is 0 Å². The summed E-state index contributed by atoms with van der Waals surface area (Å²) in [5.74, 6) is -2.07. The zero-order valence-corrected chi connectivity index (χ0v) is 11.6. The van der Waals surface area contributed by atoms with Crippen molar-refractivity contribution in [2.45, 2.75) is 19.6 Å². The molecule has 0 unspecified atom stereocenters. The monoisotopic (exact) mass is 329 g/mol. The fraction of sp³-hybridized carbons (Fsp3) is 0.250. The number of pyridine rings is 1. The van der Waals surface area contributed by atoms with Crippen LogP contribution in [0, 0.1) is 6.92 Å². The Kier molecular flexibility index (Phi) is 4.29. The summed E-state index contributed by atoms with van der Waals surface area (Å²) in [6.07, 6.45) is -3.50. The predicted molar refractivity (Wildman–Crippen MR) is 69.6 cm³/mol. The number of alkyl halides is 3. The van der Waals surface area contributed by atoms with Crippen LogP contribution in [0.25, 0.3) is 0 Å². The lowest BCUT2D eigenvalue weighted by molar-refractivity contribution is -0.141. The number of amides is 1. The van der Waals surface area contributed by atoms with Crippen LogP contribution < -0.4 is 5.32 Å². The first kappa shape index (κ1) is 16.4. The second-order valence-electron chi connectivity index (χ2n) is 4.44. The van der Waals surface area contributed by atoms with Crippen molar-refractivity contribution in [2.24, 2.45) is 0 Å². The Bertz CT molecular complexity index is 757. The Morgan fingerprint density at radius 1 is 1.35 bits per heavy atom. The van der Waals surface area contributed by atoms with Crippen molar-refractivity contribution in [1.29, 1.82) is 0 Å². The van der Waals surface area contributed by atoms with Gasteiger partial charge in [-0.05, 0) is 19.1 Å². The summed E-state index contributed by atoms with van der Waals surface area (Å²) in [7, 11) is 0. The van der Waals surface area contributed by atoms with Crippen LogP contribution in [0.3, 0.4) is 0 Å². The predicted octanol–water partition coefficient (Wildman–Crippen LogP) is 1.34. The van der Waals surface area contributed by atoms with E-state index in [2.05, 4.69) is 20.4 Å². The Labute approximate surface area is 127 Å². The molecule has 0 spiro atoms. The first-order valence-electron chi connectivity index (χ1n) is 6.14. The number of carboxylic acid groups (broad SMARTS) is 1. The van der Waals surface area contributed by atoms with E-state index < -0.39 is 30.3 Å². The first-order chi connectivity index (χ1) is 10.7. The molecule has 0 aliphatic carbocycles. The number of carbonyl (C=O) groups excluding carboxylic acids is 1. The van der Waals surface area contributed by atoms with Crippen LogP contribution in [-0.4, -0.2) is 36.7 Å². The van der Waals surface area contributed by atoms with Crippen molar-refractivity contribution < 1.29 is 27.9 Å². The maximum atomic E-state index is 12.5. The van der Waals surface area contributed by atoms with Gasteiger partial charge in [0.25, 0.3) is 5.91 Å². The van der Waals surface area contributed by atoms with Gasteiger partial charge in [0.1, 0.15) is 18.6 Å². The molecule has 8 nitrogen and oxygen atoms in total. The van der Waals surface area contributed by atoms with Crippen molar-refractivity contribution in [3.05, 3.63) is 35.4 Å². The molecule has 2 aromatic rings. The molecule has 0 bridgehead atoms. The Balaban J connectivity index is 2.15. The van der Waals surface area contributed by atoms with Crippen LogP contribution >= 0.6 is 0 Å². The van der Waals surface area contributed by atoms with Crippen LogP contribution in [0.2, 0.25) is 0 Å². The summed E-state index contributed by atoms with van der Waals surface area (Å²) in [6.45, 7) is 0.824. The van der Waals surface area contributed by atoms with Gasteiger partial charge in [0, 0.05) is 0 Å². The van der Waals surface area contributed by atoms with E-state index in [4.69, 9.17) is 5.11 Å². The summed E-state index contributed by atoms with van der Waals surface area (Å²) >= 11 is 0. The maximum Gasteiger partial charge on any atom is 0.433 e. The van der Waals surface area contributed by atoms with E-state index in [9.17, 15) is 22.8 Å². The first-order valence-corrected chi connectivity index (χ1v) is 6.14. The Morgan fingerprint density at radius 2 is 2.04 bits per heavy atom. The highest BCUT2D eigenvalue weighted by atomic mass is 19.4. The molecule has 0 fully saturated rings. The maximum absolute atomic E-state index is 12.5. The van der Waals surface area contributed by atoms with Gasteiger partial charge in [0.2, 0.25) is 5.95 Å². The average Bonchev–Trinajstić information content (AvgIpc) is 2.83. The molecule has 11 heteroatoms. The minimum Gasteiger partial charge on any atom is -0.480 e. The molecule has 122 valence electrons. The normalized spacial score (nSPS) is 11.3. The molecule has 0 radical (unpaired) electrons. The van der Waals surface area contributed by atoms with Gasteiger partial charge >= 0.3 is 12.1 Å². The number of hydrogen-bond donors (Lipinski definition) is 2. The van der Waals surface area contributed by atoms with Gasteiger partial charge < -0.3 is 5.11 Å². The molecule has 2 heterocycles. The smallest absolute Gasteiger partial charge is 0.433 e. The van der Waals surface area contributed by atoms with Crippen molar-refractivity contribution in [2.75, 3.05) is 5.32 Å². The number of aromatic nitrogens is 4. The fourth-order valence-corrected chi connectivity index (χ4v) is 1.69. The minimum atomic E-state index is -4.60. The standard InChI is InChI=1S/C12H10F3N5O3/c1-6-7(2-3-8(17-6)12(13,14)15)10(23)18-11-16-5-20(19-11)4-9(21)22/h2-3,5H,4H2,1H3,(H,21,22)(H,18,19,23). The molecule has 0 saturated carbocycles. The van der Waals surface area contributed by atoms with Crippen LogP contribution in [0.15, 0.2) is 18.5 Å². The highest BCUT2D eigenvalue weighted by Gasteiger charge is 2.33. The number of halogens is 3. The topological polar surface area (TPSA) is 110 Å². The zero-order valence-electron chi connectivity index (χ0n) is 11.6. The molecule has 23 heavy (non-hydrogen) atoms. The number of nitrogens with one attached hydrogen (secondary N) is 1. The summed E-state index contributed by atoms with van der Waals surface area (Å²) in [5, 5.41) is 14.5. The molecule has 0 aliphatic rings. The van der Waals surface area contributed by atoms with Gasteiger partial charge in [0.15, 0.2) is 0 Å². The fourth-order valence-electron chi connectivity index (χ4n) is 1.69. The van der Waals surface area contributed by atoms with E-state index in [1.54, 1.807) is 0 Å². The quantitative estimate of drug-likeness (QED) is 0.876. The van der Waals surface area contributed by atoms with Gasteiger partial charge in [-0.1, -0.05) is 0 Å². The summed E-state index contributed by atoms with van der Waals surface area (Å²) in [5.41, 5.74) is -1.29. The second-order valence-corrected chi connectivity index (χ2v) is 4.44. The van der Waals surface area contributed by atoms with Crippen LogP contribution in [-0.2, 0) is 17.5 Å². The molecule has 2 rings (SSSR count). The molecule has 2 aromatic heterocycles. The minimum absolute atomic E-state index is 0.0763. The largest absolute Gasteiger partial charge is 0.480 e. The summed E-state index contributed by atoms with van der Waals surface area (Å²) < 4.78 is 38.5. The van der Waals surface area contributed by atoms with Gasteiger partial charge in [-0.3, -0.25) is 14.9 Å². The van der Waals surface area contributed by atoms with Crippen LogP contribution in [0.4, 0.5) is 19.1 Å². The van der Waals surface area contributed by atoms with Gasteiger partial charge in [-0.2, -0.15) is 13.2 Å². The van der Waals surface area contributed by atoms with Crippen LogP contribution in [0.1, 0.15) is 21.7 Å². The summed E-state index contributed by atoms with van der Waals surface area (Å²) in [4.78, 5) is 29.5. The van der Waals surface area contributed by atoms with Gasteiger partial charge in [-0.15, -0.1) is 5.10 Å². The van der Waals surface area contributed by atoms with E-state index in [1.807, 2.05) is 0 Å². The lowest BCUT2D eigenvalue weighted by Gasteiger charge is -2.09. The van der Waals surface area contributed by atoms with Crippen molar-refractivity contribution >= 4 is 17.8 Å². The molecular weight excluding hydrogens is 319 g/mol. The Hall–Kier alpha value is -2.98. The Morgan fingerprint density at radius 3 is 2.61 bits per heavy atom. The number of nitrogens with zero attached hydrogens (tertiary/aromatic N) is 4. The van der Waals surface area contributed by atoms with E-state index in [0.29, 0.717) is 6.07 Å². The molecule has 0 aromatic carbocycles. The number of aryl methyl sites for hydroxylation is 1. The van der Waals surface area contributed by atoms with E-state index in [-0.39, 0.29) is 17.2 Å². The highest BCUT2D eigenvalue weighted by Crippen LogP contribution is 2.28. The zero-order chi connectivity index (χ0) is 17.2. The number of aliphatic carboxylic acids is 1. The SMILES string of the molecule is Cc1nc(C(F)(F)F)ccc1C(=O)Nc1ncn(CC(=O)O)n1. The summed E-state index contributed by atoms with van der Waals surface area (Å²) in [6, 6.07) is 1.69. The average molecular weight is 329 g/mol. The molecule has 0 atom stereocenters. The number of hydrogen-bond acceptors (Lipinski definition) is 5. The second kappa shape index (κ2) is 6.02. The number of carboxylic acids is 1. The molecule has 0 saturated heterocycles. The molecule has 1 amide bonds. The van der Waals surface area contributed by atoms with E-state index >= 15 is 0 Å². The third-order valence-electron chi connectivity index (χ3n) is 2.68. The third kappa shape index (κ3) is 4.02. The van der Waals surface area contributed by atoms with Crippen LogP contribution in [0.5, 0.6) is 0 Å². The van der Waals surface area contributed by atoms with Crippen molar-refractivity contribution in [1.82, 2.24) is 19.7 Å². The molecular formula is C12H10F3N5O3. The number of carbonyl (C=O) groups is 2. The van der Waals surface area contributed by atoms with Gasteiger partial charge in [-0.25, -0.2) is 14.6 Å². The lowest BCUT2D eigenvalue weighted by atomic mass is 10.1. The number of anilines is 1. The number of rotatable bonds is 4.